The van der Waals surface area contributed by atoms with Crippen molar-refractivity contribution in [3.8, 4) is 28.5 Å². The van der Waals surface area contributed by atoms with E-state index in [0.717, 1.165) is 32.5 Å². The van der Waals surface area contributed by atoms with Crippen LogP contribution in [0.4, 0.5) is 0 Å². The number of halogens is 1. The number of hydrogen-bond acceptors (Lipinski definition) is 4. The summed E-state index contributed by atoms with van der Waals surface area (Å²) in [5.74, 6) is 1.43. The molecule has 0 aliphatic rings. The van der Waals surface area contributed by atoms with Crippen molar-refractivity contribution in [1.82, 2.24) is 4.57 Å². The highest BCUT2D eigenvalue weighted by Gasteiger charge is 2.22. The van der Waals surface area contributed by atoms with Crippen molar-refractivity contribution in [2.45, 2.75) is 20.1 Å². The Morgan fingerprint density at radius 2 is 1.65 bits per heavy atom. The van der Waals surface area contributed by atoms with Crippen LogP contribution in [-0.2, 0) is 13.2 Å². The maximum Gasteiger partial charge on any atom is 0.341 e. The molecule has 0 unspecified atom stereocenters. The van der Waals surface area contributed by atoms with Gasteiger partial charge in [-0.15, -0.1) is 0 Å². The Morgan fingerprint density at radius 1 is 0.919 bits per heavy atom. The van der Waals surface area contributed by atoms with Crippen molar-refractivity contribution in [3.63, 3.8) is 0 Å². The smallest absolute Gasteiger partial charge is 0.341 e. The number of phenolic OH excluding ortho intramolecular Hbond substituents is 1. The molecule has 37 heavy (non-hydrogen) atoms. The van der Waals surface area contributed by atoms with Gasteiger partial charge >= 0.3 is 5.56 Å². The Balaban J connectivity index is 1.49. The second-order valence-corrected chi connectivity index (χ2v) is 9.66. The normalized spacial score (nSPS) is 11.0. The van der Waals surface area contributed by atoms with E-state index in [-0.39, 0.29) is 11.3 Å². The SMILES string of the molecule is COc1cc(Cn2c(=O)c(C)c(-c3ccc(O)cc3)[n+]3ccccc23)ccc1OCc1ccc(Br)cc1. The summed E-state index contributed by atoms with van der Waals surface area (Å²) in [6.45, 7) is 2.62. The molecule has 0 spiro atoms. The molecule has 0 aliphatic heterocycles. The summed E-state index contributed by atoms with van der Waals surface area (Å²) in [5.41, 5.74) is 4.92. The van der Waals surface area contributed by atoms with Crippen molar-refractivity contribution < 1.29 is 19.0 Å². The standard InChI is InChI=1S/C30H25BrN2O4/c1-20-29(23-9-13-25(34)14-10-23)32-16-4-3-5-28(32)33(30(20)35)18-22-8-15-26(27(17-22)36-2)37-19-21-6-11-24(31)12-7-21/h3-17H,18-19H2,1-2H3/p+1. The fourth-order valence-corrected chi connectivity index (χ4v) is 4.68. The topological polar surface area (TPSA) is 64.8 Å². The summed E-state index contributed by atoms with van der Waals surface area (Å²) in [6.07, 6.45) is 1.94. The molecule has 0 radical (unpaired) electrons. The zero-order valence-corrected chi connectivity index (χ0v) is 22.1. The van der Waals surface area contributed by atoms with Gasteiger partial charge in [0.05, 0.1) is 18.9 Å². The lowest BCUT2D eigenvalue weighted by molar-refractivity contribution is -0.504. The van der Waals surface area contributed by atoms with E-state index in [0.29, 0.717) is 30.2 Å². The van der Waals surface area contributed by atoms with Gasteiger partial charge in [0.25, 0.3) is 5.65 Å². The zero-order valence-electron chi connectivity index (χ0n) is 20.5. The van der Waals surface area contributed by atoms with E-state index in [9.17, 15) is 9.90 Å². The van der Waals surface area contributed by atoms with Crippen LogP contribution in [0.15, 0.2) is 100 Å². The average molecular weight is 558 g/mol. The molecular formula is C30H26BrN2O4+. The van der Waals surface area contributed by atoms with Crippen LogP contribution in [0.3, 0.4) is 0 Å². The molecule has 186 valence electrons. The van der Waals surface area contributed by atoms with E-state index in [1.807, 2.05) is 90.3 Å². The van der Waals surface area contributed by atoms with Crippen molar-refractivity contribution in [2.75, 3.05) is 7.11 Å². The molecule has 7 heteroatoms. The Kier molecular flexibility index (Phi) is 6.97. The molecule has 1 N–H and O–H groups in total. The van der Waals surface area contributed by atoms with E-state index in [1.54, 1.807) is 23.8 Å². The molecule has 0 saturated carbocycles. The van der Waals surface area contributed by atoms with Gasteiger partial charge in [-0.05, 0) is 72.6 Å². The highest BCUT2D eigenvalue weighted by molar-refractivity contribution is 9.10. The number of hydrogen-bond donors (Lipinski definition) is 1. The van der Waals surface area contributed by atoms with Crippen molar-refractivity contribution >= 4 is 21.6 Å². The molecule has 0 fully saturated rings. The van der Waals surface area contributed by atoms with E-state index in [2.05, 4.69) is 15.9 Å². The minimum absolute atomic E-state index is 0.0798. The number of aromatic hydroxyl groups is 1. The van der Waals surface area contributed by atoms with Crippen LogP contribution >= 0.6 is 15.9 Å². The fourth-order valence-electron chi connectivity index (χ4n) is 4.41. The Morgan fingerprint density at radius 3 is 2.38 bits per heavy atom. The molecular weight excluding hydrogens is 532 g/mol. The molecule has 0 saturated heterocycles. The second-order valence-electron chi connectivity index (χ2n) is 8.74. The molecule has 2 aromatic heterocycles. The van der Waals surface area contributed by atoms with Crippen LogP contribution in [0.1, 0.15) is 16.7 Å². The Bertz CT molecular complexity index is 1630. The van der Waals surface area contributed by atoms with Gasteiger partial charge in [0.1, 0.15) is 18.9 Å². The van der Waals surface area contributed by atoms with Crippen molar-refractivity contribution in [2.24, 2.45) is 0 Å². The molecule has 0 atom stereocenters. The first kappa shape index (κ1) is 24.6. The maximum atomic E-state index is 13.6. The van der Waals surface area contributed by atoms with Gasteiger partial charge in [-0.2, -0.15) is 8.97 Å². The number of ether oxygens (including phenoxy) is 2. The van der Waals surface area contributed by atoms with Crippen molar-refractivity contribution in [1.29, 1.82) is 0 Å². The summed E-state index contributed by atoms with van der Waals surface area (Å²) in [4.78, 5) is 13.6. The number of fused-ring (bicyclic) bond motifs is 1. The second kappa shape index (κ2) is 10.5. The highest BCUT2D eigenvalue weighted by atomic mass is 79.9. The highest BCUT2D eigenvalue weighted by Crippen LogP contribution is 2.29. The maximum absolute atomic E-state index is 13.6. The summed E-state index contributed by atoms with van der Waals surface area (Å²) in [7, 11) is 1.61. The molecule has 0 aliphatic carbocycles. The van der Waals surface area contributed by atoms with Gasteiger partial charge in [0.2, 0.25) is 0 Å². The first-order valence-corrected chi connectivity index (χ1v) is 12.6. The predicted octanol–water partition coefficient (Wildman–Crippen LogP) is 5.67. The number of nitrogens with zero attached hydrogens (tertiary/aromatic N) is 2. The number of benzene rings is 3. The van der Waals surface area contributed by atoms with Crippen LogP contribution in [0, 0.1) is 6.92 Å². The first-order valence-electron chi connectivity index (χ1n) is 11.8. The van der Waals surface area contributed by atoms with Crippen LogP contribution < -0.4 is 19.4 Å². The number of rotatable bonds is 7. The molecule has 5 aromatic rings. The first-order chi connectivity index (χ1) is 17.9. The number of methoxy groups -OCH3 is 1. The number of pyridine rings is 1. The summed E-state index contributed by atoms with van der Waals surface area (Å²) >= 11 is 3.45. The molecule has 0 amide bonds. The minimum Gasteiger partial charge on any atom is -0.508 e. The molecule has 6 nitrogen and oxygen atoms in total. The zero-order chi connectivity index (χ0) is 25.9. The predicted molar refractivity (Wildman–Crippen MR) is 146 cm³/mol. The van der Waals surface area contributed by atoms with Gasteiger partial charge in [0, 0.05) is 16.1 Å². The third-order valence-corrected chi connectivity index (χ3v) is 6.82. The Labute approximate surface area is 223 Å². The Hall–Kier alpha value is -4.10. The number of aromatic nitrogens is 2. The third kappa shape index (κ3) is 5.08. The van der Waals surface area contributed by atoms with E-state index >= 15 is 0 Å². The lowest BCUT2D eigenvalue weighted by Crippen LogP contribution is -2.38. The van der Waals surface area contributed by atoms with Crippen LogP contribution in [0.5, 0.6) is 17.2 Å². The van der Waals surface area contributed by atoms with Crippen molar-refractivity contribution in [3.05, 3.63) is 123 Å². The minimum atomic E-state index is -0.0798. The molecule has 3 aromatic carbocycles. The molecule has 0 bridgehead atoms. The lowest BCUT2D eigenvalue weighted by Gasteiger charge is -2.13. The molecule has 2 heterocycles. The van der Waals surface area contributed by atoms with Gasteiger partial charge in [-0.3, -0.25) is 0 Å². The van der Waals surface area contributed by atoms with E-state index in [4.69, 9.17) is 9.47 Å². The number of phenols is 1. The quantitative estimate of drug-likeness (QED) is 0.262. The monoisotopic (exact) mass is 557 g/mol. The summed E-state index contributed by atoms with van der Waals surface area (Å²) < 4.78 is 16.4. The summed E-state index contributed by atoms with van der Waals surface area (Å²) in [6, 6.07) is 26.4. The van der Waals surface area contributed by atoms with E-state index < -0.39 is 0 Å². The fraction of sp³-hybridized carbons (Fsp3) is 0.133. The van der Waals surface area contributed by atoms with Gasteiger partial charge in [-0.25, -0.2) is 4.79 Å². The van der Waals surface area contributed by atoms with Crippen LogP contribution in [0.25, 0.3) is 16.9 Å². The molecule has 5 rings (SSSR count). The average Bonchev–Trinajstić information content (AvgIpc) is 2.92. The third-order valence-electron chi connectivity index (χ3n) is 6.29. The van der Waals surface area contributed by atoms with Crippen LogP contribution in [0.2, 0.25) is 0 Å². The lowest BCUT2D eigenvalue weighted by atomic mass is 10.1. The summed E-state index contributed by atoms with van der Waals surface area (Å²) in [5, 5.41) is 9.72. The van der Waals surface area contributed by atoms with E-state index in [1.165, 1.54) is 0 Å². The van der Waals surface area contributed by atoms with Gasteiger partial charge in [-0.1, -0.05) is 40.2 Å². The van der Waals surface area contributed by atoms with Crippen LogP contribution in [-0.4, -0.2) is 16.8 Å². The largest absolute Gasteiger partial charge is 0.508 e. The van der Waals surface area contributed by atoms with Gasteiger partial charge in [0.15, 0.2) is 17.2 Å². The van der Waals surface area contributed by atoms with Gasteiger partial charge < -0.3 is 14.6 Å².